The Morgan fingerprint density at radius 1 is 1.08 bits per heavy atom. The lowest BCUT2D eigenvalue weighted by Crippen LogP contribution is -2.48. The number of sulfonamides is 1. The molecule has 11 heteroatoms. The molecule has 202 valence electrons. The number of ether oxygens (including phenoxy) is 2. The van der Waals surface area contributed by atoms with Crippen molar-refractivity contribution in [2.24, 2.45) is 5.92 Å². The van der Waals surface area contributed by atoms with Crippen LogP contribution in [0.4, 0.5) is 5.69 Å². The van der Waals surface area contributed by atoms with Gasteiger partial charge in [0.05, 0.1) is 11.9 Å². The van der Waals surface area contributed by atoms with Crippen molar-refractivity contribution in [3.05, 3.63) is 53.1 Å². The number of amides is 2. The van der Waals surface area contributed by atoms with E-state index in [9.17, 15) is 18.0 Å². The Kier molecular flexibility index (Phi) is 9.67. The zero-order valence-electron chi connectivity index (χ0n) is 21.6. The molecule has 2 aromatic carbocycles. The summed E-state index contributed by atoms with van der Waals surface area (Å²) in [5, 5.41) is 3.42. The molecule has 0 aliphatic carbocycles. The summed E-state index contributed by atoms with van der Waals surface area (Å²) >= 11 is 6.13. The summed E-state index contributed by atoms with van der Waals surface area (Å²) in [6.45, 7) is 6.55. The van der Waals surface area contributed by atoms with Crippen molar-refractivity contribution in [1.29, 1.82) is 0 Å². The minimum absolute atomic E-state index is 0.0545. The second-order valence-electron chi connectivity index (χ2n) is 9.44. The average Bonchev–Trinajstić information content (AvgIpc) is 3.30. The fourth-order valence-electron chi connectivity index (χ4n) is 3.91. The number of nitrogens with zero attached hydrogens (tertiary/aromatic N) is 2. The van der Waals surface area contributed by atoms with Crippen molar-refractivity contribution in [2.75, 3.05) is 30.4 Å². The van der Waals surface area contributed by atoms with E-state index >= 15 is 0 Å². The highest BCUT2D eigenvalue weighted by atomic mass is 35.5. The van der Waals surface area contributed by atoms with E-state index in [1.165, 1.54) is 9.21 Å². The molecule has 37 heavy (non-hydrogen) atoms. The van der Waals surface area contributed by atoms with Gasteiger partial charge in [0.15, 0.2) is 11.5 Å². The van der Waals surface area contributed by atoms with Crippen molar-refractivity contribution in [3.8, 4) is 11.5 Å². The van der Waals surface area contributed by atoms with Crippen molar-refractivity contribution in [2.45, 2.75) is 46.2 Å². The molecule has 9 nitrogen and oxygen atoms in total. The van der Waals surface area contributed by atoms with Gasteiger partial charge in [-0.25, -0.2) is 8.42 Å². The molecule has 0 saturated heterocycles. The van der Waals surface area contributed by atoms with Crippen molar-refractivity contribution in [1.82, 2.24) is 10.2 Å². The Hall–Kier alpha value is -2.98. The quantitative estimate of drug-likeness (QED) is 0.430. The fraction of sp³-hybridized carbons (Fsp3) is 0.462. The van der Waals surface area contributed by atoms with Gasteiger partial charge >= 0.3 is 0 Å². The molecule has 0 radical (unpaired) electrons. The minimum atomic E-state index is -3.62. The number of halogens is 1. The number of benzene rings is 2. The minimum Gasteiger partial charge on any atom is -0.454 e. The maximum atomic E-state index is 13.3. The van der Waals surface area contributed by atoms with Crippen LogP contribution in [0.3, 0.4) is 0 Å². The van der Waals surface area contributed by atoms with Gasteiger partial charge in [-0.05, 0) is 49.1 Å². The van der Waals surface area contributed by atoms with Gasteiger partial charge in [0.25, 0.3) is 0 Å². The predicted octanol–water partition coefficient (Wildman–Crippen LogP) is 3.80. The Morgan fingerprint density at radius 3 is 2.49 bits per heavy atom. The molecule has 0 aromatic heterocycles. The fourth-order valence-corrected chi connectivity index (χ4v) is 5.08. The number of carbonyl (C=O) groups excluding carboxylic acids is 2. The molecule has 1 heterocycles. The molecule has 0 spiro atoms. The van der Waals surface area contributed by atoms with Crippen LogP contribution < -0.4 is 19.1 Å². The molecule has 1 aliphatic rings. The van der Waals surface area contributed by atoms with Gasteiger partial charge < -0.3 is 19.7 Å². The van der Waals surface area contributed by atoms with E-state index in [0.29, 0.717) is 28.8 Å². The summed E-state index contributed by atoms with van der Waals surface area (Å²) in [4.78, 5) is 27.7. The zero-order valence-corrected chi connectivity index (χ0v) is 23.1. The summed E-state index contributed by atoms with van der Waals surface area (Å²) in [5.41, 5.74) is 1.22. The van der Waals surface area contributed by atoms with Crippen LogP contribution in [-0.2, 0) is 26.2 Å². The average molecular weight is 552 g/mol. The molecule has 3 rings (SSSR count). The molecule has 1 atom stereocenters. The highest BCUT2D eigenvalue weighted by Gasteiger charge is 2.27. The number of hydrogen-bond donors (Lipinski definition) is 1. The second kappa shape index (κ2) is 12.5. The van der Waals surface area contributed by atoms with Crippen LogP contribution in [0.2, 0.25) is 5.02 Å². The van der Waals surface area contributed by atoms with Crippen molar-refractivity contribution < 1.29 is 27.5 Å². The summed E-state index contributed by atoms with van der Waals surface area (Å²) in [7, 11) is -3.62. The van der Waals surface area contributed by atoms with E-state index in [1.807, 2.05) is 19.9 Å². The van der Waals surface area contributed by atoms with E-state index in [-0.39, 0.29) is 50.5 Å². The summed E-state index contributed by atoms with van der Waals surface area (Å²) in [5.74, 6) is 0.782. The molecule has 0 saturated carbocycles. The third kappa shape index (κ3) is 8.00. The lowest BCUT2D eigenvalue weighted by Gasteiger charge is -2.29. The molecular weight excluding hydrogens is 518 g/mol. The lowest BCUT2D eigenvalue weighted by atomic mass is 10.1. The largest absolute Gasteiger partial charge is 0.454 e. The van der Waals surface area contributed by atoms with E-state index in [1.54, 1.807) is 43.3 Å². The van der Waals surface area contributed by atoms with Gasteiger partial charge in [0, 0.05) is 37.1 Å². The monoisotopic (exact) mass is 551 g/mol. The first-order valence-corrected chi connectivity index (χ1v) is 14.4. The van der Waals surface area contributed by atoms with Gasteiger partial charge in [-0.15, -0.1) is 0 Å². The van der Waals surface area contributed by atoms with Crippen LogP contribution in [-0.4, -0.2) is 57.3 Å². The first-order valence-electron chi connectivity index (χ1n) is 12.1. The number of nitrogens with one attached hydrogen (secondary N) is 1. The smallest absolute Gasteiger partial charge is 0.242 e. The number of fused-ring (bicyclic) bond motifs is 1. The molecule has 1 aliphatic heterocycles. The van der Waals surface area contributed by atoms with E-state index < -0.39 is 16.1 Å². The Labute approximate surface area is 223 Å². The van der Waals surface area contributed by atoms with Crippen molar-refractivity contribution >= 4 is 39.1 Å². The lowest BCUT2D eigenvalue weighted by molar-refractivity contribution is -0.140. The van der Waals surface area contributed by atoms with Crippen LogP contribution in [0, 0.1) is 5.92 Å². The van der Waals surface area contributed by atoms with Crippen LogP contribution in [0.1, 0.15) is 39.2 Å². The third-order valence-corrected chi connectivity index (χ3v) is 7.32. The predicted molar refractivity (Wildman–Crippen MR) is 143 cm³/mol. The first-order chi connectivity index (χ1) is 17.5. The van der Waals surface area contributed by atoms with Gasteiger partial charge in [0.2, 0.25) is 28.6 Å². The maximum absolute atomic E-state index is 13.3. The van der Waals surface area contributed by atoms with Crippen LogP contribution in [0.15, 0.2) is 42.5 Å². The first kappa shape index (κ1) is 28.6. The van der Waals surface area contributed by atoms with Crippen molar-refractivity contribution in [3.63, 3.8) is 0 Å². The third-order valence-electron chi connectivity index (χ3n) is 5.89. The second-order valence-corrected chi connectivity index (χ2v) is 11.8. The van der Waals surface area contributed by atoms with E-state index in [4.69, 9.17) is 21.1 Å². The Morgan fingerprint density at radius 2 is 1.81 bits per heavy atom. The molecule has 0 bridgehead atoms. The highest BCUT2D eigenvalue weighted by Crippen LogP contribution is 2.36. The molecule has 0 unspecified atom stereocenters. The maximum Gasteiger partial charge on any atom is 0.242 e. The van der Waals surface area contributed by atoms with Crippen LogP contribution in [0.5, 0.6) is 11.5 Å². The Bertz CT molecular complexity index is 1220. The van der Waals surface area contributed by atoms with E-state index in [0.717, 1.165) is 11.8 Å². The number of carbonyl (C=O) groups is 2. The highest BCUT2D eigenvalue weighted by molar-refractivity contribution is 7.92. The molecule has 2 aromatic rings. The number of anilines is 1. The SMILES string of the molecule is CC(C)CNC(=O)[C@@H](C)N(Cc1cccc(Cl)c1)C(=O)CCCN(c1ccc2c(c1)OCO2)S(C)(=O)=O. The zero-order chi connectivity index (χ0) is 27.2. The topological polar surface area (TPSA) is 105 Å². The summed E-state index contributed by atoms with van der Waals surface area (Å²) in [6.07, 6.45) is 1.43. The standard InChI is InChI=1S/C26H34ClN3O6S/c1-18(2)15-28-26(32)19(3)29(16-20-7-5-8-21(27)13-20)25(31)9-6-12-30(37(4,33)34)22-10-11-23-24(14-22)36-17-35-23/h5,7-8,10-11,13-14,18-19H,6,9,12,15-17H2,1-4H3,(H,28,32)/t19-/m1/s1. The van der Waals surface area contributed by atoms with Crippen LogP contribution in [0.25, 0.3) is 0 Å². The summed E-state index contributed by atoms with van der Waals surface area (Å²) in [6, 6.07) is 11.3. The van der Waals surface area contributed by atoms with E-state index in [2.05, 4.69) is 5.32 Å². The molecule has 0 fully saturated rings. The molecule has 1 N–H and O–H groups in total. The van der Waals surface area contributed by atoms with Gasteiger partial charge in [0.1, 0.15) is 6.04 Å². The Balaban J connectivity index is 1.72. The van der Waals surface area contributed by atoms with Gasteiger partial charge in [-0.3, -0.25) is 13.9 Å². The molecular formula is C26H34ClN3O6S. The van der Waals surface area contributed by atoms with Gasteiger partial charge in [-0.1, -0.05) is 37.6 Å². The van der Waals surface area contributed by atoms with Crippen LogP contribution >= 0.6 is 11.6 Å². The normalized spacial score (nSPS) is 13.4. The molecule has 2 amide bonds. The van der Waals surface area contributed by atoms with Gasteiger partial charge in [-0.2, -0.15) is 0 Å². The summed E-state index contributed by atoms with van der Waals surface area (Å²) < 4.78 is 37.0. The number of hydrogen-bond acceptors (Lipinski definition) is 6. The number of rotatable bonds is 12.